The highest BCUT2D eigenvalue weighted by Gasteiger charge is 2.12. The molecule has 3 rings (SSSR count). The minimum absolute atomic E-state index is 0.273. The molecule has 20 heavy (non-hydrogen) atoms. The fraction of sp³-hybridized carbons (Fsp3) is 0.0833. The maximum atomic E-state index is 13.4. The van der Waals surface area contributed by atoms with Crippen molar-refractivity contribution in [1.82, 2.24) is 19.9 Å². The fourth-order valence-corrected chi connectivity index (χ4v) is 2.14. The molecule has 0 aliphatic carbocycles. The third-order valence-electron chi connectivity index (χ3n) is 2.53. The number of imidazole rings is 1. The van der Waals surface area contributed by atoms with Crippen LogP contribution in [0.15, 0.2) is 29.0 Å². The molecular formula is C12H9BrFN5O. The smallest absolute Gasteiger partial charge is 0.250 e. The Labute approximate surface area is 121 Å². The Balaban J connectivity index is 2.07. The highest BCUT2D eigenvalue weighted by molar-refractivity contribution is 9.10. The van der Waals surface area contributed by atoms with Crippen molar-refractivity contribution in [2.24, 2.45) is 0 Å². The highest BCUT2D eigenvalue weighted by Crippen LogP contribution is 2.28. The Hall–Kier alpha value is -2.22. The second-order valence-electron chi connectivity index (χ2n) is 3.91. The number of hydrogen-bond acceptors (Lipinski definition) is 5. The lowest BCUT2D eigenvalue weighted by atomic mass is 10.3. The Bertz CT molecular complexity index is 755. The number of anilines is 1. The van der Waals surface area contributed by atoms with E-state index in [1.54, 1.807) is 13.1 Å². The first kappa shape index (κ1) is 12.8. The van der Waals surface area contributed by atoms with Gasteiger partial charge in [-0.25, -0.2) is 9.37 Å². The number of nitrogens with one attached hydrogen (secondary N) is 2. The molecule has 0 atom stereocenters. The Morgan fingerprint density at radius 3 is 2.90 bits per heavy atom. The van der Waals surface area contributed by atoms with Gasteiger partial charge in [0.2, 0.25) is 5.95 Å². The Kier molecular flexibility index (Phi) is 3.23. The van der Waals surface area contributed by atoms with Crippen molar-refractivity contribution >= 4 is 33.0 Å². The average molecular weight is 338 g/mol. The molecule has 6 nitrogen and oxygen atoms in total. The third-order valence-corrected chi connectivity index (χ3v) is 2.98. The number of nitrogens with zero attached hydrogens (tertiary/aromatic N) is 3. The molecule has 0 fully saturated rings. The summed E-state index contributed by atoms with van der Waals surface area (Å²) in [6, 6.07) is 4.26. The number of ether oxygens (including phenoxy) is 1. The van der Waals surface area contributed by atoms with Crippen molar-refractivity contribution in [2.45, 2.75) is 0 Å². The molecule has 0 aliphatic heterocycles. The van der Waals surface area contributed by atoms with Crippen LogP contribution in [0.5, 0.6) is 11.6 Å². The van der Waals surface area contributed by atoms with Crippen LogP contribution in [0.25, 0.3) is 11.2 Å². The number of hydrogen-bond donors (Lipinski definition) is 2. The molecular weight excluding hydrogens is 329 g/mol. The van der Waals surface area contributed by atoms with Gasteiger partial charge in [-0.3, -0.25) is 0 Å². The normalized spacial score (nSPS) is 10.8. The quantitative estimate of drug-likeness (QED) is 0.768. The number of fused-ring (bicyclic) bond motifs is 1. The molecule has 0 aliphatic rings. The summed E-state index contributed by atoms with van der Waals surface area (Å²) in [5.74, 6) is 0.566. The van der Waals surface area contributed by atoms with Gasteiger partial charge < -0.3 is 15.0 Å². The topological polar surface area (TPSA) is 75.7 Å². The van der Waals surface area contributed by atoms with Crippen LogP contribution in [0.3, 0.4) is 0 Å². The van der Waals surface area contributed by atoms with Crippen LogP contribution in [0.4, 0.5) is 10.3 Å². The lowest BCUT2D eigenvalue weighted by Gasteiger charge is -2.07. The van der Waals surface area contributed by atoms with Gasteiger partial charge in [-0.1, -0.05) is 15.9 Å². The zero-order chi connectivity index (χ0) is 14.1. The molecule has 0 saturated heterocycles. The van der Waals surface area contributed by atoms with Gasteiger partial charge >= 0.3 is 0 Å². The lowest BCUT2D eigenvalue weighted by Crippen LogP contribution is -1.99. The second kappa shape index (κ2) is 5.04. The summed E-state index contributed by atoms with van der Waals surface area (Å²) < 4.78 is 19.6. The summed E-state index contributed by atoms with van der Waals surface area (Å²) in [4.78, 5) is 15.3. The number of H-pyrrole nitrogens is 1. The monoisotopic (exact) mass is 337 g/mol. The van der Waals surface area contributed by atoms with Gasteiger partial charge in [0.15, 0.2) is 5.65 Å². The predicted molar refractivity (Wildman–Crippen MR) is 75.4 cm³/mol. The zero-order valence-electron chi connectivity index (χ0n) is 10.3. The molecule has 102 valence electrons. The number of halogens is 2. The largest absolute Gasteiger partial charge is 0.437 e. The van der Waals surface area contributed by atoms with E-state index in [0.717, 1.165) is 0 Å². The summed E-state index contributed by atoms with van der Waals surface area (Å²) in [5, 5.41) is 2.82. The van der Waals surface area contributed by atoms with Gasteiger partial charge in [0.1, 0.15) is 17.1 Å². The van der Waals surface area contributed by atoms with Gasteiger partial charge in [0.05, 0.1) is 6.33 Å². The molecule has 0 spiro atoms. The molecule has 0 bridgehead atoms. The molecule has 2 aromatic heterocycles. The summed E-state index contributed by atoms with van der Waals surface area (Å²) in [6.07, 6.45) is 1.49. The summed E-state index contributed by atoms with van der Waals surface area (Å²) in [7, 11) is 1.69. The van der Waals surface area contributed by atoms with E-state index in [1.807, 2.05) is 0 Å². The Morgan fingerprint density at radius 2 is 2.15 bits per heavy atom. The fourth-order valence-electron chi connectivity index (χ4n) is 1.69. The number of aromatic nitrogens is 4. The minimum atomic E-state index is -0.405. The van der Waals surface area contributed by atoms with Crippen LogP contribution in [-0.4, -0.2) is 27.0 Å². The molecule has 0 saturated carbocycles. The van der Waals surface area contributed by atoms with Crippen molar-refractivity contribution in [2.75, 3.05) is 12.4 Å². The molecule has 1 aromatic carbocycles. The van der Waals surface area contributed by atoms with Gasteiger partial charge in [-0.05, 0) is 12.1 Å². The average Bonchev–Trinajstić information content (AvgIpc) is 2.85. The summed E-state index contributed by atoms with van der Waals surface area (Å²) in [5.41, 5.74) is 1.01. The van der Waals surface area contributed by atoms with E-state index in [2.05, 4.69) is 41.2 Å². The van der Waals surface area contributed by atoms with E-state index in [0.29, 0.717) is 27.3 Å². The second-order valence-corrected chi connectivity index (χ2v) is 4.83. The standard InChI is InChI=1S/C12H9BrFN5O/c1-15-12-18-10-9(16-5-17-10)11(19-12)20-8-3-6(13)2-7(14)4-8/h2-5H,1H3,(H2,15,16,17,18,19). The van der Waals surface area contributed by atoms with Crippen LogP contribution in [0, 0.1) is 5.82 Å². The van der Waals surface area contributed by atoms with Crippen LogP contribution in [0.1, 0.15) is 0 Å². The van der Waals surface area contributed by atoms with Crippen LogP contribution >= 0.6 is 15.9 Å². The first-order valence-corrected chi connectivity index (χ1v) is 6.48. The van der Waals surface area contributed by atoms with Gasteiger partial charge in [0, 0.05) is 17.6 Å². The first-order valence-electron chi connectivity index (χ1n) is 5.68. The first-order chi connectivity index (χ1) is 9.65. The molecule has 0 amide bonds. The maximum Gasteiger partial charge on any atom is 0.250 e. The summed E-state index contributed by atoms with van der Waals surface area (Å²) in [6.45, 7) is 0. The van der Waals surface area contributed by atoms with E-state index in [4.69, 9.17) is 4.74 Å². The SMILES string of the molecule is CNc1nc(Oc2cc(F)cc(Br)c2)c2[nH]cnc2n1. The molecule has 0 radical (unpaired) electrons. The number of rotatable bonds is 3. The minimum Gasteiger partial charge on any atom is -0.437 e. The Morgan fingerprint density at radius 1 is 1.30 bits per heavy atom. The van der Waals surface area contributed by atoms with E-state index >= 15 is 0 Å². The van der Waals surface area contributed by atoms with Crippen molar-refractivity contribution < 1.29 is 9.13 Å². The van der Waals surface area contributed by atoms with Crippen molar-refractivity contribution in [3.63, 3.8) is 0 Å². The molecule has 8 heteroatoms. The van der Waals surface area contributed by atoms with Crippen molar-refractivity contribution in [3.8, 4) is 11.6 Å². The van der Waals surface area contributed by atoms with E-state index in [1.165, 1.54) is 18.5 Å². The van der Waals surface area contributed by atoms with Gasteiger partial charge in [-0.15, -0.1) is 0 Å². The van der Waals surface area contributed by atoms with E-state index < -0.39 is 5.82 Å². The predicted octanol–water partition coefficient (Wildman–Crippen LogP) is 3.09. The van der Waals surface area contributed by atoms with Crippen LogP contribution < -0.4 is 10.1 Å². The zero-order valence-corrected chi connectivity index (χ0v) is 11.9. The molecule has 3 aromatic rings. The molecule has 2 N–H and O–H groups in total. The highest BCUT2D eigenvalue weighted by atomic mass is 79.9. The summed E-state index contributed by atoms with van der Waals surface area (Å²) >= 11 is 3.21. The van der Waals surface area contributed by atoms with Gasteiger partial charge in [0.25, 0.3) is 5.88 Å². The maximum absolute atomic E-state index is 13.4. The number of aromatic amines is 1. The van der Waals surface area contributed by atoms with E-state index in [-0.39, 0.29) is 5.88 Å². The van der Waals surface area contributed by atoms with Crippen LogP contribution in [0.2, 0.25) is 0 Å². The van der Waals surface area contributed by atoms with Crippen molar-refractivity contribution in [3.05, 3.63) is 34.8 Å². The van der Waals surface area contributed by atoms with E-state index in [9.17, 15) is 4.39 Å². The van der Waals surface area contributed by atoms with Crippen LogP contribution in [-0.2, 0) is 0 Å². The lowest BCUT2D eigenvalue weighted by molar-refractivity contribution is 0.462. The van der Waals surface area contributed by atoms with Crippen molar-refractivity contribution in [1.29, 1.82) is 0 Å². The number of benzene rings is 1. The third kappa shape index (κ3) is 2.42. The molecule has 2 heterocycles. The molecule has 0 unspecified atom stereocenters. The van der Waals surface area contributed by atoms with Gasteiger partial charge in [-0.2, -0.15) is 9.97 Å².